The highest BCUT2D eigenvalue weighted by molar-refractivity contribution is 14.1. The topological polar surface area (TPSA) is 20.2 Å². The van der Waals surface area contributed by atoms with Crippen molar-refractivity contribution in [3.63, 3.8) is 0 Å². The van der Waals surface area contributed by atoms with Gasteiger partial charge in [-0.15, -0.1) is 0 Å². The van der Waals surface area contributed by atoms with Crippen LogP contribution < -0.4 is 0 Å². The molecule has 108 valence electrons. The van der Waals surface area contributed by atoms with E-state index in [-0.39, 0.29) is 6.10 Å². The van der Waals surface area contributed by atoms with Crippen LogP contribution in [0, 0.1) is 33.2 Å². The minimum atomic E-state index is -0.120. The standard InChI is InChI=1S/C18H23IO/c19-16-3-1-11(2-4-16)10-17(20)18-14-6-12-5-13(8-14)9-15(18)7-12/h1-4,12-15,17-18,20H,5-10H2. The normalized spacial score (nSPS) is 40.0. The first kappa shape index (κ1) is 13.6. The smallest absolute Gasteiger partial charge is 0.0614 e. The van der Waals surface area contributed by atoms with E-state index < -0.39 is 0 Å². The van der Waals surface area contributed by atoms with Gasteiger partial charge >= 0.3 is 0 Å². The predicted molar refractivity (Wildman–Crippen MR) is 89.4 cm³/mol. The van der Waals surface area contributed by atoms with Crippen molar-refractivity contribution in [2.24, 2.45) is 29.6 Å². The maximum atomic E-state index is 10.8. The van der Waals surface area contributed by atoms with Gasteiger partial charge in [0.25, 0.3) is 0 Å². The van der Waals surface area contributed by atoms with Crippen LogP contribution in [0.25, 0.3) is 0 Å². The molecule has 5 rings (SSSR count). The Hall–Kier alpha value is -0.0900. The van der Waals surface area contributed by atoms with Crippen molar-refractivity contribution in [1.82, 2.24) is 0 Å². The summed E-state index contributed by atoms with van der Waals surface area (Å²) >= 11 is 2.34. The lowest BCUT2D eigenvalue weighted by molar-refractivity contribution is -0.0887. The first-order valence-corrected chi connectivity index (χ1v) is 9.19. The van der Waals surface area contributed by atoms with Gasteiger partial charge in [0.15, 0.2) is 0 Å². The summed E-state index contributed by atoms with van der Waals surface area (Å²) in [7, 11) is 0. The Labute approximate surface area is 135 Å². The molecule has 4 aliphatic carbocycles. The Bertz CT molecular complexity index is 453. The molecular weight excluding hydrogens is 359 g/mol. The molecule has 0 radical (unpaired) electrons. The molecule has 1 nitrogen and oxygen atoms in total. The zero-order chi connectivity index (χ0) is 13.7. The first-order chi connectivity index (χ1) is 9.69. The average Bonchev–Trinajstić information content (AvgIpc) is 2.40. The Morgan fingerprint density at radius 2 is 1.50 bits per heavy atom. The van der Waals surface area contributed by atoms with Crippen molar-refractivity contribution in [2.45, 2.75) is 44.6 Å². The number of hydrogen-bond donors (Lipinski definition) is 1. The van der Waals surface area contributed by atoms with E-state index in [2.05, 4.69) is 46.9 Å². The fourth-order valence-electron chi connectivity index (χ4n) is 5.59. The first-order valence-electron chi connectivity index (χ1n) is 8.11. The van der Waals surface area contributed by atoms with Crippen LogP contribution in [0.2, 0.25) is 0 Å². The quantitative estimate of drug-likeness (QED) is 0.775. The van der Waals surface area contributed by atoms with Gasteiger partial charge in [0.05, 0.1) is 6.10 Å². The summed E-state index contributed by atoms with van der Waals surface area (Å²) in [6, 6.07) is 8.67. The van der Waals surface area contributed by atoms with E-state index in [0.717, 1.165) is 30.1 Å². The van der Waals surface area contributed by atoms with Gasteiger partial charge in [-0.25, -0.2) is 0 Å². The molecule has 0 amide bonds. The van der Waals surface area contributed by atoms with Gasteiger partial charge < -0.3 is 5.11 Å². The Morgan fingerprint density at radius 3 is 2.05 bits per heavy atom. The highest BCUT2D eigenvalue weighted by Gasteiger charge is 2.50. The molecule has 0 spiro atoms. The van der Waals surface area contributed by atoms with E-state index in [1.54, 1.807) is 0 Å². The molecular formula is C18H23IO. The van der Waals surface area contributed by atoms with E-state index in [4.69, 9.17) is 0 Å². The van der Waals surface area contributed by atoms with Gasteiger partial charge in [-0.1, -0.05) is 12.1 Å². The maximum absolute atomic E-state index is 10.8. The lowest BCUT2D eigenvalue weighted by atomic mass is 9.50. The third-order valence-electron chi connectivity index (χ3n) is 6.10. The third-order valence-corrected chi connectivity index (χ3v) is 6.82. The van der Waals surface area contributed by atoms with Gasteiger partial charge in [0, 0.05) is 3.57 Å². The van der Waals surface area contributed by atoms with Crippen LogP contribution in [0.3, 0.4) is 0 Å². The van der Waals surface area contributed by atoms with Crippen LogP contribution >= 0.6 is 22.6 Å². The molecule has 4 aliphatic rings. The van der Waals surface area contributed by atoms with Crippen molar-refractivity contribution < 1.29 is 5.11 Å². The Morgan fingerprint density at radius 1 is 0.950 bits per heavy atom. The molecule has 0 saturated heterocycles. The maximum Gasteiger partial charge on any atom is 0.0614 e. The number of rotatable bonds is 3. The van der Waals surface area contributed by atoms with Crippen molar-refractivity contribution in [3.05, 3.63) is 33.4 Å². The summed E-state index contributed by atoms with van der Waals surface area (Å²) in [6.07, 6.45) is 7.84. The summed E-state index contributed by atoms with van der Waals surface area (Å²) < 4.78 is 1.27. The largest absolute Gasteiger partial charge is 0.392 e. The summed E-state index contributed by atoms with van der Waals surface area (Å²) in [5, 5.41) is 10.8. The molecule has 4 bridgehead atoms. The Kier molecular flexibility index (Phi) is 3.58. The van der Waals surface area contributed by atoms with Gasteiger partial charge in [0.2, 0.25) is 0 Å². The van der Waals surface area contributed by atoms with E-state index in [1.807, 2.05) is 0 Å². The second kappa shape index (κ2) is 5.28. The molecule has 20 heavy (non-hydrogen) atoms. The molecule has 1 N–H and O–H groups in total. The van der Waals surface area contributed by atoms with Crippen LogP contribution in [0.1, 0.15) is 37.7 Å². The van der Waals surface area contributed by atoms with E-state index in [1.165, 1.54) is 41.2 Å². The third kappa shape index (κ3) is 2.43. The van der Waals surface area contributed by atoms with E-state index in [9.17, 15) is 5.11 Å². The second-order valence-electron chi connectivity index (χ2n) is 7.41. The number of aliphatic hydroxyl groups is 1. The second-order valence-corrected chi connectivity index (χ2v) is 8.65. The molecule has 2 heteroatoms. The summed E-state index contributed by atoms with van der Waals surface area (Å²) in [5.41, 5.74) is 1.30. The Balaban J connectivity index is 1.48. The van der Waals surface area contributed by atoms with Crippen LogP contribution in [0.5, 0.6) is 0 Å². The minimum absolute atomic E-state index is 0.120. The number of halogens is 1. The van der Waals surface area contributed by atoms with Crippen molar-refractivity contribution in [2.75, 3.05) is 0 Å². The lowest BCUT2D eigenvalue weighted by Gasteiger charge is -2.55. The summed E-state index contributed by atoms with van der Waals surface area (Å²) in [4.78, 5) is 0. The molecule has 0 aromatic heterocycles. The molecule has 0 aliphatic heterocycles. The average molecular weight is 382 g/mol. The monoisotopic (exact) mass is 382 g/mol. The highest BCUT2D eigenvalue weighted by atomic mass is 127. The van der Waals surface area contributed by atoms with Gasteiger partial charge in [-0.05, 0) is 108 Å². The zero-order valence-electron chi connectivity index (χ0n) is 11.8. The van der Waals surface area contributed by atoms with Crippen LogP contribution in [-0.2, 0) is 6.42 Å². The molecule has 0 heterocycles. The SMILES string of the molecule is OC(Cc1ccc(I)cc1)C1C2CC3CC(C2)CC1C3. The number of hydrogen-bond acceptors (Lipinski definition) is 1. The van der Waals surface area contributed by atoms with Crippen LogP contribution in [0.15, 0.2) is 24.3 Å². The van der Waals surface area contributed by atoms with E-state index in [0.29, 0.717) is 5.92 Å². The minimum Gasteiger partial charge on any atom is -0.392 e. The van der Waals surface area contributed by atoms with Crippen LogP contribution in [0.4, 0.5) is 0 Å². The fraction of sp³-hybridized carbons (Fsp3) is 0.667. The van der Waals surface area contributed by atoms with Crippen molar-refractivity contribution >= 4 is 22.6 Å². The highest BCUT2D eigenvalue weighted by Crippen LogP contribution is 2.57. The molecule has 4 fully saturated rings. The number of aliphatic hydroxyl groups excluding tert-OH is 1. The molecule has 1 aromatic rings. The predicted octanol–water partition coefficient (Wildman–Crippen LogP) is 4.27. The van der Waals surface area contributed by atoms with Crippen LogP contribution in [-0.4, -0.2) is 11.2 Å². The zero-order valence-corrected chi connectivity index (χ0v) is 14.0. The molecule has 1 aromatic carbocycles. The number of benzene rings is 1. The van der Waals surface area contributed by atoms with Crippen molar-refractivity contribution in [3.8, 4) is 0 Å². The summed E-state index contributed by atoms with van der Waals surface area (Å²) in [5.74, 6) is 4.23. The van der Waals surface area contributed by atoms with Gasteiger partial charge in [-0.3, -0.25) is 0 Å². The fourth-order valence-corrected chi connectivity index (χ4v) is 5.95. The van der Waals surface area contributed by atoms with Crippen molar-refractivity contribution in [1.29, 1.82) is 0 Å². The lowest BCUT2D eigenvalue weighted by Crippen LogP contribution is -2.49. The van der Waals surface area contributed by atoms with E-state index >= 15 is 0 Å². The van der Waals surface area contributed by atoms with Gasteiger partial charge in [0.1, 0.15) is 0 Å². The molecule has 1 unspecified atom stereocenters. The molecule has 4 saturated carbocycles. The molecule has 1 atom stereocenters. The van der Waals surface area contributed by atoms with Gasteiger partial charge in [-0.2, -0.15) is 0 Å². The summed E-state index contributed by atoms with van der Waals surface area (Å²) in [6.45, 7) is 0.